The standard InChI is InChI=1S/C9H14FN3O2/c1-15-5-7(14)2-3-11-9-4-8(10)12-6-13-9/h4,6-7,14H,2-3,5H2,1H3,(H,11,12,13). The Balaban J connectivity index is 2.25. The molecule has 1 aromatic heterocycles. The number of nitrogens with zero attached hydrogens (tertiary/aromatic N) is 2. The summed E-state index contributed by atoms with van der Waals surface area (Å²) >= 11 is 0. The Morgan fingerprint density at radius 2 is 2.40 bits per heavy atom. The van der Waals surface area contributed by atoms with Crippen molar-refractivity contribution in [1.29, 1.82) is 0 Å². The van der Waals surface area contributed by atoms with E-state index >= 15 is 0 Å². The van der Waals surface area contributed by atoms with E-state index in [1.54, 1.807) is 0 Å². The number of nitrogens with one attached hydrogen (secondary N) is 1. The van der Waals surface area contributed by atoms with E-state index in [9.17, 15) is 9.50 Å². The Morgan fingerprint density at radius 1 is 1.60 bits per heavy atom. The topological polar surface area (TPSA) is 67.3 Å². The Kier molecular flexibility index (Phi) is 4.92. The van der Waals surface area contributed by atoms with Crippen molar-refractivity contribution < 1.29 is 14.2 Å². The molecule has 0 aromatic carbocycles. The zero-order valence-electron chi connectivity index (χ0n) is 8.48. The summed E-state index contributed by atoms with van der Waals surface area (Å²) < 4.78 is 17.4. The molecular weight excluding hydrogens is 201 g/mol. The van der Waals surface area contributed by atoms with E-state index in [2.05, 4.69) is 15.3 Å². The molecule has 0 saturated heterocycles. The Labute approximate surface area is 87.3 Å². The van der Waals surface area contributed by atoms with Gasteiger partial charge in [0, 0.05) is 19.7 Å². The monoisotopic (exact) mass is 215 g/mol. The minimum Gasteiger partial charge on any atom is -0.391 e. The maximum Gasteiger partial charge on any atom is 0.217 e. The molecule has 0 aliphatic carbocycles. The van der Waals surface area contributed by atoms with Gasteiger partial charge in [-0.05, 0) is 6.42 Å². The van der Waals surface area contributed by atoms with Gasteiger partial charge < -0.3 is 15.2 Å². The molecule has 0 fully saturated rings. The second-order valence-corrected chi connectivity index (χ2v) is 3.05. The molecule has 1 rings (SSSR count). The van der Waals surface area contributed by atoms with Gasteiger partial charge in [-0.1, -0.05) is 0 Å². The molecule has 2 N–H and O–H groups in total. The quantitative estimate of drug-likeness (QED) is 0.673. The van der Waals surface area contributed by atoms with E-state index in [4.69, 9.17) is 4.74 Å². The van der Waals surface area contributed by atoms with Crippen molar-refractivity contribution in [2.45, 2.75) is 12.5 Å². The first-order chi connectivity index (χ1) is 7.22. The van der Waals surface area contributed by atoms with Crippen molar-refractivity contribution >= 4 is 5.82 Å². The van der Waals surface area contributed by atoms with Crippen molar-refractivity contribution in [3.63, 3.8) is 0 Å². The molecule has 0 radical (unpaired) electrons. The van der Waals surface area contributed by atoms with Gasteiger partial charge in [0.05, 0.1) is 12.7 Å². The average Bonchev–Trinajstić information content (AvgIpc) is 2.18. The largest absolute Gasteiger partial charge is 0.391 e. The van der Waals surface area contributed by atoms with E-state index in [1.165, 1.54) is 13.2 Å². The molecule has 0 spiro atoms. The molecule has 5 nitrogen and oxygen atoms in total. The zero-order chi connectivity index (χ0) is 11.1. The van der Waals surface area contributed by atoms with Crippen LogP contribution in [0.1, 0.15) is 6.42 Å². The van der Waals surface area contributed by atoms with Gasteiger partial charge in [0.1, 0.15) is 12.1 Å². The molecule has 1 aromatic rings. The van der Waals surface area contributed by atoms with Gasteiger partial charge in [0.25, 0.3) is 0 Å². The van der Waals surface area contributed by atoms with Gasteiger partial charge >= 0.3 is 0 Å². The first kappa shape index (κ1) is 11.8. The second-order valence-electron chi connectivity index (χ2n) is 3.05. The van der Waals surface area contributed by atoms with E-state index in [1.807, 2.05) is 0 Å². The number of aliphatic hydroxyl groups is 1. The normalized spacial score (nSPS) is 12.5. The number of aromatic nitrogens is 2. The number of halogens is 1. The van der Waals surface area contributed by atoms with Crippen LogP contribution in [0.2, 0.25) is 0 Å². The summed E-state index contributed by atoms with van der Waals surface area (Å²) in [6, 6.07) is 1.20. The summed E-state index contributed by atoms with van der Waals surface area (Å²) in [7, 11) is 1.52. The molecule has 0 bridgehead atoms. The molecule has 0 aliphatic heterocycles. The maximum atomic E-state index is 12.6. The fourth-order valence-electron chi connectivity index (χ4n) is 1.07. The van der Waals surface area contributed by atoms with E-state index in [0.717, 1.165) is 6.33 Å². The summed E-state index contributed by atoms with van der Waals surface area (Å²) in [6.45, 7) is 0.792. The molecule has 15 heavy (non-hydrogen) atoms. The minimum atomic E-state index is -0.579. The minimum absolute atomic E-state index is 0.291. The van der Waals surface area contributed by atoms with Crippen LogP contribution in [0, 0.1) is 5.95 Å². The maximum absolute atomic E-state index is 12.6. The van der Waals surface area contributed by atoms with Gasteiger partial charge in [0.15, 0.2) is 0 Å². The summed E-state index contributed by atoms with van der Waals surface area (Å²) in [6.07, 6.45) is 1.14. The SMILES string of the molecule is COCC(O)CCNc1cc(F)ncn1. The van der Waals surface area contributed by atoms with Crippen LogP contribution in [0.5, 0.6) is 0 Å². The highest BCUT2D eigenvalue weighted by atomic mass is 19.1. The Morgan fingerprint density at radius 3 is 3.07 bits per heavy atom. The molecule has 6 heteroatoms. The fraction of sp³-hybridized carbons (Fsp3) is 0.556. The predicted molar refractivity (Wildman–Crippen MR) is 53.0 cm³/mol. The highest BCUT2D eigenvalue weighted by molar-refractivity contribution is 5.31. The van der Waals surface area contributed by atoms with Gasteiger partial charge in [-0.3, -0.25) is 0 Å². The van der Waals surface area contributed by atoms with Crippen LogP contribution in [-0.2, 0) is 4.74 Å². The smallest absolute Gasteiger partial charge is 0.217 e. The molecule has 1 unspecified atom stereocenters. The number of anilines is 1. The van der Waals surface area contributed by atoms with Crippen molar-refractivity contribution in [3.05, 3.63) is 18.3 Å². The van der Waals surface area contributed by atoms with E-state index in [-0.39, 0.29) is 0 Å². The number of aliphatic hydroxyl groups excluding tert-OH is 1. The third kappa shape index (κ3) is 4.66. The van der Waals surface area contributed by atoms with E-state index in [0.29, 0.717) is 25.4 Å². The van der Waals surface area contributed by atoms with Crippen molar-refractivity contribution in [3.8, 4) is 0 Å². The number of rotatable bonds is 6. The van der Waals surface area contributed by atoms with Crippen LogP contribution in [0.3, 0.4) is 0 Å². The third-order valence-electron chi connectivity index (χ3n) is 1.78. The number of hydrogen-bond acceptors (Lipinski definition) is 5. The van der Waals surface area contributed by atoms with Crippen molar-refractivity contribution in [1.82, 2.24) is 9.97 Å². The summed E-state index contributed by atoms with van der Waals surface area (Å²) in [5.74, 6) is -0.169. The molecule has 0 amide bonds. The van der Waals surface area contributed by atoms with Gasteiger partial charge in [-0.15, -0.1) is 0 Å². The van der Waals surface area contributed by atoms with Crippen LogP contribution in [0.15, 0.2) is 12.4 Å². The first-order valence-electron chi connectivity index (χ1n) is 4.61. The Bertz CT molecular complexity index is 298. The average molecular weight is 215 g/mol. The second kappa shape index (κ2) is 6.26. The molecular formula is C9H14FN3O2. The van der Waals surface area contributed by atoms with Crippen LogP contribution >= 0.6 is 0 Å². The van der Waals surface area contributed by atoms with Crippen molar-refractivity contribution in [2.24, 2.45) is 0 Å². The molecule has 1 atom stereocenters. The fourth-order valence-corrected chi connectivity index (χ4v) is 1.07. The molecule has 1 heterocycles. The molecule has 84 valence electrons. The number of ether oxygens (including phenoxy) is 1. The first-order valence-corrected chi connectivity index (χ1v) is 4.61. The van der Waals surface area contributed by atoms with E-state index < -0.39 is 12.1 Å². The van der Waals surface area contributed by atoms with Crippen LogP contribution in [0.25, 0.3) is 0 Å². The summed E-state index contributed by atoms with van der Waals surface area (Å²) in [5, 5.41) is 12.2. The number of hydrogen-bond donors (Lipinski definition) is 2. The lowest BCUT2D eigenvalue weighted by molar-refractivity contribution is 0.0615. The predicted octanol–water partition coefficient (Wildman–Crippen LogP) is 0.425. The lowest BCUT2D eigenvalue weighted by Gasteiger charge is -2.09. The summed E-state index contributed by atoms with van der Waals surface area (Å²) in [5.41, 5.74) is 0. The highest BCUT2D eigenvalue weighted by Crippen LogP contribution is 2.02. The van der Waals surface area contributed by atoms with Crippen molar-refractivity contribution in [2.75, 3.05) is 25.6 Å². The highest BCUT2D eigenvalue weighted by Gasteiger charge is 2.03. The third-order valence-corrected chi connectivity index (χ3v) is 1.78. The number of methoxy groups -OCH3 is 1. The molecule has 0 saturated carbocycles. The van der Waals surface area contributed by atoms with Gasteiger partial charge in [-0.2, -0.15) is 4.39 Å². The van der Waals surface area contributed by atoms with Crippen LogP contribution in [0.4, 0.5) is 10.2 Å². The lowest BCUT2D eigenvalue weighted by Crippen LogP contribution is -2.18. The van der Waals surface area contributed by atoms with Gasteiger partial charge in [-0.25, -0.2) is 9.97 Å². The lowest BCUT2D eigenvalue weighted by atomic mass is 10.2. The van der Waals surface area contributed by atoms with Crippen LogP contribution < -0.4 is 5.32 Å². The van der Waals surface area contributed by atoms with Gasteiger partial charge in [0.2, 0.25) is 5.95 Å². The molecule has 0 aliphatic rings. The zero-order valence-corrected chi connectivity index (χ0v) is 8.48. The Hall–Kier alpha value is -1.27. The van der Waals surface area contributed by atoms with Crippen LogP contribution in [-0.4, -0.2) is 41.4 Å². The summed E-state index contributed by atoms with van der Waals surface area (Å²) in [4.78, 5) is 7.13.